The van der Waals surface area contributed by atoms with Gasteiger partial charge in [-0.15, -0.1) is 11.3 Å². The zero-order chi connectivity index (χ0) is 15.5. The highest BCUT2D eigenvalue weighted by atomic mass is 32.1. The van der Waals surface area contributed by atoms with Crippen LogP contribution >= 0.6 is 11.3 Å². The topological polar surface area (TPSA) is 38.8 Å². The summed E-state index contributed by atoms with van der Waals surface area (Å²) in [6.07, 6.45) is 1.88. The van der Waals surface area contributed by atoms with E-state index in [-0.39, 0.29) is 18.3 Å². The third-order valence-electron chi connectivity index (χ3n) is 3.37. The van der Waals surface area contributed by atoms with Crippen molar-refractivity contribution in [3.63, 3.8) is 0 Å². The van der Waals surface area contributed by atoms with E-state index in [1.807, 2.05) is 26.8 Å². The Kier molecular flexibility index (Phi) is 5.27. The van der Waals surface area contributed by atoms with Gasteiger partial charge in [-0.05, 0) is 52.0 Å². The second-order valence-electron chi connectivity index (χ2n) is 6.48. The van der Waals surface area contributed by atoms with E-state index in [9.17, 15) is 4.79 Å². The van der Waals surface area contributed by atoms with Gasteiger partial charge in [0.15, 0.2) is 0 Å². The Balaban J connectivity index is 1.87. The van der Waals surface area contributed by atoms with Crippen LogP contribution in [0.4, 0.5) is 4.79 Å². The molecule has 0 saturated carbocycles. The Labute approximate surface area is 131 Å². The first-order valence-electron chi connectivity index (χ1n) is 7.52. The van der Waals surface area contributed by atoms with Crippen molar-refractivity contribution in [3.05, 3.63) is 22.4 Å². The van der Waals surface area contributed by atoms with Gasteiger partial charge in [0, 0.05) is 11.4 Å². The van der Waals surface area contributed by atoms with Crippen LogP contribution < -0.4 is 0 Å². The van der Waals surface area contributed by atoms with Crippen molar-refractivity contribution in [2.45, 2.75) is 58.3 Å². The van der Waals surface area contributed by atoms with E-state index >= 15 is 0 Å². The van der Waals surface area contributed by atoms with Crippen LogP contribution in [0, 0.1) is 0 Å². The zero-order valence-electron chi connectivity index (χ0n) is 13.3. The first-order valence-corrected chi connectivity index (χ1v) is 8.40. The quantitative estimate of drug-likeness (QED) is 0.838. The molecule has 0 bridgehead atoms. The van der Waals surface area contributed by atoms with E-state index in [1.165, 1.54) is 4.88 Å². The molecule has 0 radical (unpaired) electrons. The molecule has 0 spiro atoms. The molecule has 2 atom stereocenters. The molecule has 2 rings (SSSR count). The van der Waals surface area contributed by atoms with Crippen LogP contribution in [0.25, 0.3) is 0 Å². The number of hydrogen-bond acceptors (Lipinski definition) is 4. The van der Waals surface area contributed by atoms with Crippen molar-refractivity contribution < 1.29 is 14.3 Å². The minimum Gasteiger partial charge on any atom is -0.444 e. The molecule has 1 aromatic rings. The molecule has 1 aliphatic rings. The van der Waals surface area contributed by atoms with Crippen LogP contribution in [0.2, 0.25) is 0 Å². The van der Waals surface area contributed by atoms with E-state index in [1.54, 1.807) is 16.2 Å². The molecule has 0 N–H and O–H groups in total. The van der Waals surface area contributed by atoms with Crippen LogP contribution in [-0.4, -0.2) is 35.8 Å². The second kappa shape index (κ2) is 6.79. The summed E-state index contributed by atoms with van der Waals surface area (Å²) in [5.74, 6) is 0. The molecule has 0 aliphatic carbocycles. The number of hydrogen-bond donors (Lipinski definition) is 0. The molecule has 5 heteroatoms. The van der Waals surface area contributed by atoms with Gasteiger partial charge < -0.3 is 14.4 Å². The van der Waals surface area contributed by atoms with E-state index in [4.69, 9.17) is 9.47 Å². The third kappa shape index (κ3) is 5.00. The number of carbonyl (C=O) groups excluding carboxylic acids is 1. The van der Waals surface area contributed by atoms with Gasteiger partial charge in [0.1, 0.15) is 5.60 Å². The number of piperidine rings is 1. The Morgan fingerprint density at radius 2 is 2.24 bits per heavy atom. The molecule has 1 saturated heterocycles. The normalized spacial score (nSPS) is 21.1. The van der Waals surface area contributed by atoms with Crippen molar-refractivity contribution in [1.29, 1.82) is 0 Å². The first-order chi connectivity index (χ1) is 9.85. The summed E-state index contributed by atoms with van der Waals surface area (Å²) in [7, 11) is 0. The molecule has 2 heterocycles. The lowest BCUT2D eigenvalue weighted by Crippen LogP contribution is -2.45. The highest BCUT2D eigenvalue weighted by molar-refractivity contribution is 7.10. The van der Waals surface area contributed by atoms with Crippen molar-refractivity contribution in [2.24, 2.45) is 0 Å². The van der Waals surface area contributed by atoms with E-state index in [0.717, 1.165) is 19.4 Å². The molecule has 1 aromatic heterocycles. The maximum absolute atomic E-state index is 12.1. The summed E-state index contributed by atoms with van der Waals surface area (Å²) in [6.45, 7) is 9.11. The predicted molar refractivity (Wildman–Crippen MR) is 84.6 cm³/mol. The molecule has 4 nitrogen and oxygen atoms in total. The third-order valence-corrected chi connectivity index (χ3v) is 4.40. The molecule has 1 unspecified atom stereocenters. The fraction of sp³-hybridized carbons (Fsp3) is 0.688. The zero-order valence-corrected chi connectivity index (χ0v) is 14.1. The van der Waals surface area contributed by atoms with Crippen LogP contribution in [0.3, 0.4) is 0 Å². The molecule has 1 aliphatic heterocycles. The average Bonchev–Trinajstić information content (AvgIpc) is 2.91. The number of amides is 1. The molecule has 118 valence electrons. The van der Waals surface area contributed by atoms with E-state index < -0.39 is 5.60 Å². The number of nitrogens with zero attached hydrogens (tertiary/aromatic N) is 1. The highest BCUT2D eigenvalue weighted by Crippen LogP contribution is 2.26. The lowest BCUT2D eigenvalue weighted by molar-refractivity contribution is -0.0474. The van der Waals surface area contributed by atoms with E-state index in [2.05, 4.69) is 18.4 Å². The van der Waals surface area contributed by atoms with Gasteiger partial charge >= 0.3 is 6.09 Å². The van der Waals surface area contributed by atoms with Crippen LogP contribution in [0.5, 0.6) is 0 Å². The summed E-state index contributed by atoms with van der Waals surface area (Å²) in [4.78, 5) is 15.1. The first kappa shape index (κ1) is 16.3. The van der Waals surface area contributed by atoms with Crippen molar-refractivity contribution >= 4 is 17.4 Å². The Hall–Kier alpha value is -1.07. The van der Waals surface area contributed by atoms with Gasteiger partial charge in [-0.25, -0.2) is 4.79 Å². The fourth-order valence-electron chi connectivity index (χ4n) is 2.42. The fourth-order valence-corrected chi connectivity index (χ4v) is 3.14. The average molecular weight is 311 g/mol. The van der Waals surface area contributed by atoms with E-state index in [0.29, 0.717) is 6.54 Å². The van der Waals surface area contributed by atoms with Crippen molar-refractivity contribution in [1.82, 2.24) is 4.90 Å². The minimum absolute atomic E-state index is 0.0774. The second-order valence-corrected chi connectivity index (χ2v) is 7.46. The molecular weight excluding hydrogens is 286 g/mol. The molecule has 1 fully saturated rings. The van der Waals surface area contributed by atoms with Gasteiger partial charge in [0.25, 0.3) is 0 Å². The van der Waals surface area contributed by atoms with Gasteiger partial charge in [-0.3, -0.25) is 0 Å². The number of likely N-dealkylation sites (tertiary alicyclic amines) is 1. The lowest BCUT2D eigenvalue weighted by Gasteiger charge is -2.35. The lowest BCUT2D eigenvalue weighted by atomic mass is 10.1. The molecule has 21 heavy (non-hydrogen) atoms. The predicted octanol–water partition coefficient (Wildman–Crippen LogP) is 4.23. The van der Waals surface area contributed by atoms with Crippen LogP contribution in [0.1, 0.15) is 51.5 Å². The van der Waals surface area contributed by atoms with Gasteiger partial charge in [-0.1, -0.05) is 6.07 Å². The summed E-state index contributed by atoms with van der Waals surface area (Å²) >= 11 is 1.70. The Morgan fingerprint density at radius 3 is 2.86 bits per heavy atom. The summed E-state index contributed by atoms with van der Waals surface area (Å²) in [6, 6.07) is 4.12. The summed E-state index contributed by atoms with van der Waals surface area (Å²) in [5, 5.41) is 2.06. The standard InChI is InChI=1S/C16H25NO3S/c1-12(14-8-6-10-21-14)19-13-7-5-9-17(11-13)15(18)20-16(2,3)4/h6,8,10,12-13H,5,7,9,11H2,1-4H3/t12?,13-/m1/s1. The summed E-state index contributed by atoms with van der Waals surface area (Å²) < 4.78 is 11.5. The maximum atomic E-state index is 12.1. The number of ether oxygens (including phenoxy) is 2. The molecule has 0 aromatic carbocycles. The van der Waals surface area contributed by atoms with Crippen LogP contribution in [-0.2, 0) is 9.47 Å². The smallest absolute Gasteiger partial charge is 0.410 e. The van der Waals surface area contributed by atoms with Gasteiger partial charge in [0.05, 0.1) is 18.8 Å². The van der Waals surface area contributed by atoms with Crippen LogP contribution in [0.15, 0.2) is 17.5 Å². The molecule has 1 amide bonds. The largest absolute Gasteiger partial charge is 0.444 e. The maximum Gasteiger partial charge on any atom is 0.410 e. The van der Waals surface area contributed by atoms with Crippen molar-refractivity contribution in [3.8, 4) is 0 Å². The number of rotatable bonds is 3. The Bertz CT molecular complexity index is 453. The van der Waals surface area contributed by atoms with Gasteiger partial charge in [-0.2, -0.15) is 0 Å². The number of thiophene rings is 1. The monoisotopic (exact) mass is 311 g/mol. The van der Waals surface area contributed by atoms with Gasteiger partial charge in [0.2, 0.25) is 0 Å². The minimum atomic E-state index is -0.449. The number of carbonyl (C=O) groups is 1. The Morgan fingerprint density at radius 1 is 1.48 bits per heavy atom. The SMILES string of the molecule is CC(O[C@@H]1CCCN(C(=O)OC(C)(C)C)C1)c1cccs1. The summed E-state index contributed by atoms with van der Waals surface area (Å²) in [5.41, 5.74) is -0.449. The highest BCUT2D eigenvalue weighted by Gasteiger charge is 2.29. The molecular formula is C16H25NO3S. The van der Waals surface area contributed by atoms with Crippen molar-refractivity contribution in [2.75, 3.05) is 13.1 Å².